The van der Waals surface area contributed by atoms with E-state index in [2.05, 4.69) is 37.3 Å². The van der Waals surface area contributed by atoms with Crippen molar-refractivity contribution in [3.8, 4) is 0 Å². The summed E-state index contributed by atoms with van der Waals surface area (Å²) in [5.74, 6) is 0. The molecule has 0 amide bonds. The highest BCUT2D eigenvalue weighted by Gasteiger charge is 2.34. The Balaban J connectivity index is 1.94. The molecule has 6 nitrogen and oxygen atoms in total. The van der Waals surface area contributed by atoms with Gasteiger partial charge in [0.25, 0.3) is 10.2 Å². The third-order valence-corrected chi connectivity index (χ3v) is 6.42. The lowest BCUT2D eigenvalue weighted by Gasteiger charge is -2.45. The molecule has 7 heteroatoms. The number of nitrogens with zero attached hydrogens (tertiary/aromatic N) is 2. The van der Waals surface area contributed by atoms with E-state index in [4.69, 9.17) is 4.74 Å². The van der Waals surface area contributed by atoms with Crippen LogP contribution in [0.3, 0.4) is 0 Å². The van der Waals surface area contributed by atoms with Crippen LogP contribution in [0, 0.1) is 0 Å². The Hall–Kier alpha value is -0.210. The first-order chi connectivity index (χ1) is 10.7. The maximum absolute atomic E-state index is 12.6. The molecule has 1 N–H and O–H groups in total. The van der Waals surface area contributed by atoms with Crippen LogP contribution in [0.5, 0.6) is 0 Å². The molecule has 2 aliphatic rings. The second-order valence-corrected chi connectivity index (χ2v) is 9.37. The molecule has 0 saturated carbocycles. The molecule has 2 heterocycles. The predicted molar refractivity (Wildman–Crippen MR) is 92.6 cm³/mol. The van der Waals surface area contributed by atoms with E-state index in [0.29, 0.717) is 19.6 Å². The summed E-state index contributed by atoms with van der Waals surface area (Å²) in [6, 6.07) is 0. The molecule has 136 valence electrons. The van der Waals surface area contributed by atoms with E-state index in [9.17, 15) is 8.42 Å². The zero-order valence-electron chi connectivity index (χ0n) is 15.0. The molecular formula is C16H33N3O3S. The quantitative estimate of drug-likeness (QED) is 0.820. The highest BCUT2D eigenvalue weighted by atomic mass is 32.2. The first kappa shape index (κ1) is 19.1. The molecule has 0 unspecified atom stereocenters. The molecule has 0 aliphatic carbocycles. The molecule has 2 aliphatic heterocycles. The van der Waals surface area contributed by atoms with Crippen molar-refractivity contribution >= 4 is 10.2 Å². The topological polar surface area (TPSA) is 61.9 Å². The fraction of sp³-hybridized carbons (Fsp3) is 1.00. The average molecular weight is 348 g/mol. The number of nitrogens with one attached hydrogen (secondary N) is 1. The summed E-state index contributed by atoms with van der Waals surface area (Å²) < 4.78 is 35.4. The van der Waals surface area contributed by atoms with Crippen molar-refractivity contribution < 1.29 is 13.2 Å². The molecule has 23 heavy (non-hydrogen) atoms. The SMILES string of the molecule is C[C@H]1CN(C(C)(C)CNS(=O)(=O)N2CCCCCC2)C[C@H](C)O1. The second-order valence-electron chi connectivity index (χ2n) is 7.61. The minimum Gasteiger partial charge on any atom is -0.373 e. The molecule has 0 aromatic rings. The van der Waals surface area contributed by atoms with Crippen LogP contribution in [0.15, 0.2) is 0 Å². The number of ether oxygens (including phenoxy) is 1. The Morgan fingerprint density at radius 2 is 1.57 bits per heavy atom. The number of morpholine rings is 1. The highest BCUT2D eigenvalue weighted by molar-refractivity contribution is 7.87. The first-order valence-electron chi connectivity index (χ1n) is 8.86. The summed E-state index contributed by atoms with van der Waals surface area (Å²) in [4.78, 5) is 2.33. The lowest BCUT2D eigenvalue weighted by atomic mass is 10.0. The van der Waals surface area contributed by atoms with Crippen molar-refractivity contribution in [1.82, 2.24) is 13.9 Å². The lowest BCUT2D eigenvalue weighted by molar-refractivity contribution is -0.0945. The summed E-state index contributed by atoms with van der Waals surface area (Å²) in [6.45, 7) is 11.7. The Labute approximate surface area is 141 Å². The van der Waals surface area contributed by atoms with E-state index >= 15 is 0 Å². The van der Waals surface area contributed by atoms with Gasteiger partial charge in [0.2, 0.25) is 0 Å². The van der Waals surface area contributed by atoms with Crippen LogP contribution in [0.25, 0.3) is 0 Å². The summed E-state index contributed by atoms with van der Waals surface area (Å²) in [5, 5.41) is 0. The van der Waals surface area contributed by atoms with Gasteiger partial charge in [-0.25, -0.2) is 4.72 Å². The van der Waals surface area contributed by atoms with Gasteiger partial charge in [-0.2, -0.15) is 12.7 Å². The summed E-state index contributed by atoms with van der Waals surface area (Å²) in [7, 11) is -3.38. The van der Waals surface area contributed by atoms with Crippen LogP contribution in [-0.2, 0) is 14.9 Å². The van der Waals surface area contributed by atoms with Gasteiger partial charge < -0.3 is 4.74 Å². The molecule has 0 radical (unpaired) electrons. The second kappa shape index (κ2) is 7.78. The van der Waals surface area contributed by atoms with Gasteiger partial charge in [0.05, 0.1) is 12.2 Å². The van der Waals surface area contributed by atoms with Crippen molar-refractivity contribution in [3.05, 3.63) is 0 Å². The van der Waals surface area contributed by atoms with Gasteiger partial charge in [0.15, 0.2) is 0 Å². The largest absolute Gasteiger partial charge is 0.373 e. The molecule has 2 saturated heterocycles. The zero-order chi connectivity index (χ0) is 17.1. The number of hydrogen-bond acceptors (Lipinski definition) is 4. The van der Waals surface area contributed by atoms with Gasteiger partial charge in [-0.1, -0.05) is 12.8 Å². The maximum Gasteiger partial charge on any atom is 0.279 e. The van der Waals surface area contributed by atoms with Crippen molar-refractivity contribution in [1.29, 1.82) is 0 Å². The molecule has 0 spiro atoms. The average Bonchev–Trinajstić information content (AvgIpc) is 2.74. The lowest BCUT2D eigenvalue weighted by Crippen LogP contribution is -2.59. The van der Waals surface area contributed by atoms with Crippen LogP contribution in [0.1, 0.15) is 53.4 Å². The van der Waals surface area contributed by atoms with Crippen LogP contribution in [0.4, 0.5) is 0 Å². The summed E-state index contributed by atoms with van der Waals surface area (Å²) >= 11 is 0. The van der Waals surface area contributed by atoms with Gasteiger partial charge >= 0.3 is 0 Å². The van der Waals surface area contributed by atoms with Gasteiger partial charge in [0, 0.05) is 38.3 Å². The fourth-order valence-corrected chi connectivity index (χ4v) is 4.88. The Kier molecular flexibility index (Phi) is 6.47. The smallest absolute Gasteiger partial charge is 0.279 e. The molecule has 2 rings (SSSR count). The highest BCUT2D eigenvalue weighted by Crippen LogP contribution is 2.21. The molecule has 0 aromatic heterocycles. The zero-order valence-corrected chi connectivity index (χ0v) is 15.9. The van der Waals surface area contributed by atoms with Crippen molar-refractivity contribution in [2.24, 2.45) is 0 Å². The van der Waals surface area contributed by atoms with Crippen molar-refractivity contribution in [3.63, 3.8) is 0 Å². The van der Waals surface area contributed by atoms with Crippen LogP contribution < -0.4 is 4.72 Å². The summed E-state index contributed by atoms with van der Waals surface area (Å²) in [5.41, 5.74) is -0.231. The first-order valence-corrected chi connectivity index (χ1v) is 10.3. The predicted octanol–water partition coefficient (Wildman–Crippen LogP) is 1.58. The number of hydrogen-bond donors (Lipinski definition) is 1. The summed E-state index contributed by atoms with van der Waals surface area (Å²) in [6.07, 6.45) is 4.54. The van der Waals surface area contributed by atoms with E-state index in [1.54, 1.807) is 4.31 Å². The van der Waals surface area contributed by atoms with E-state index in [0.717, 1.165) is 38.8 Å². The monoisotopic (exact) mass is 347 g/mol. The fourth-order valence-electron chi connectivity index (χ4n) is 3.43. The van der Waals surface area contributed by atoms with Crippen molar-refractivity contribution in [2.45, 2.75) is 71.1 Å². The minimum absolute atomic E-state index is 0.181. The third-order valence-electron chi connectivity index (χ3n) is 4.87. The maximum atomic E-state index is 12.6. The standard InChI is InChI=1S/C16H33N3O3S/c1-14-11-18(12-15(2)22-14)16(3,4)13-17-23(20,21)19-9-7-5-6-8-10-19/h14-15,17H,5-13H2,1-4H3/t14-,15-/m0/s1. The molecule has 2 fully saturated rings. The molecule has 0 aromatic carbocycles. The van der Waals surface area contributed by atoms with E-state index in [1.165, 1.54) is 0 Å². The molecule has 2 atom stereocenters. The Bertz CT molecular complexity index is 463. The van der Waals surface area contributed by atoms with Gasteiger partial charge in [0.1, 0.15) is 0 Å². The molecular weight excluding hydrogens is 314 g/mol. The van der Waals surface area contributed by atoms with Crippen molar-refractivity contribution in [2.75, 3.05) is 32.7 Å². The van der Waals surface area contributed by atoms with Crippen LogP contribution in [-0.4, -0.2) is 68.1 Å². The van der Waals surface area contributed by atoms with Crippen LogP contribution >= 0.6 is 0 Å². The normalized spacial score (nSPS) is 29.4. The number of rotatable bonds is 5. The van der Waals surface area contributed by atoms with E-state index in [-0.39, 0.29) is 17.7 Å². The molecule has 0 bridgehead atoms. The Morgan fingerprint density at radius 1 is 1.04 bits per heavy atom. The third kappa shape index (κ3) is 5.39. The minimum atomic E-state index is -3.38. The van der Waals surface area contributed by atoms with Gasteiger partial charge in [-0.3, -0.25) is 4.90 Å². The Morgan fingerprint density at radius 3 is 2.09 bits per heavy atom. The van der Waals surface area contributed by atoms with E-state index in [1.807, 2.05) is 0 Å². The van der Waals surface area contributed by atoms with E-state index < -0.39 is 10.2 Å². The van der Waals surface area contributed by atoms with Gasteiger partial charge in [-0.15, -0.1) is 0 Å². The van der Waals surface area contributed by atoms with Crippen LogP contribution in [0.2, 0.25) is 0 Å². The van der Waals surface area contributed by atoms with Gasteiger partial charge in [-0.05, 0) is 40.5 Å².